The van der Waals surface area contributed by atoms with Gasteiger partial charge in [-0.1, -0.05) is 0 Å². The normalized spacial score (nSPS) is 20.8. The van der Waals surface area contributed by atoms with E-state index in [0.717, 1.165) is 13.1 Å². The van der Waals surface area contributed by atoms with E-state index >= 15 is 0 Å². The highest BCUT2D eigenvalue weighted by Gasteiger charge is 2.34. The van der Waals surface area contributed by atoms with E-state index in [1.807, 2.05) is 6.92 Å². The molecule has 0 saturated carbocycles. The van der Waals surface area contributed by atoms with Crippen molar-refractivity contribution in [2.75, 3.05) is 13.1 Å². The van der Waals surface area contributed by atoms with Gasteiger partial charge in [-0.3, -0.25) is 0 Å². The molecule has 60 valence electrons. The molecule has 2 rings (SSSR count). The fraction of sp³-hybridized carbons (Fsp3) is 0.667. The number of nitrogens with one attached hydrogen (secondary N) is 2. The lowest BCUT2D eigenvalue weighted by atomic mass is 10.0. The van der Waals surface area contributed by atoms with Crippen LogP contribution in [0.25, 0.3) is 0 Å². The van der Waals surface area contributed by atoms with Crippen LogP contribution in [0.4, 0.5) is 0 Å². The van der Waals surface area contributed by atoms with Crippen LogP contribution >= 0.6 is 0 Å². The Balaban J connectivity index is 2.00. The maximum Gasteiger partial charge on any atom is 0.312 e. The molecule has 1 aliphatic heterocycles. The van der Waals surface area contributed by atoms with Crippen LogP contribution in [-0.4, -0.2) is 33.9 Å². The standard InChI is InChI=1S/C6H10N4O/c1-6(2-7-3-6)11-5-8-4-9-10-5/h4,7H,2-3H2,1H3,(H,8,9,10). The predicted octanol–water partition coefficient (Wildman–Crippen LogP) is -0.455. The number of nitrogens with zero attached hydrogens (tertiary/aromatic N) is 2. The summed E-state index contributed by atoms with van der Waals surface area (Å²) in [6.45, 7) is 3.77. The van der Waals surface area contributed by atoms with Gasteiger partial charge in [-0.2, -0.15) is 10.1 Å². The molecule has 0 atom stereocenters. The molecule has 1 aliphatic rings. The van der Waals surface area contributed by atoms with Gasteiger partial charge < -0.3 is 10.1 Å². The zero-order valence-electron chi connectivity index (χ0n) is 6.29. The van der Waals surface area contributed by atoms with Gasteiger partial charge in [0.15, 0.2) is 0 Å². The predicted molar refractivity (Wildman–Crippen MR) is 38.3 cm³/mol. The summed E-state index contributed by atoms with van der Waals surface area (Å²) in [5.74, 6) is 0. The molecule has 0 radical (unpaired) electrons. The van der Waals surface area contributed by atoms with Crippen LogP contribution in [0.15, 0.2) is 6.33 Å². The second kappa shape index (κ2) is 2.20. The number of H-pyrrole nitrogens is 1. The Labute approximate surface area is 64.2 Å². The third-order valence-corrected chi connectivity index (χ3v) is 1.73. The molecule has 5 nitrogen and oxygen atoms in total. The Hall–Kier alpha value is -1.10. The van der Waals surface area contributed by atoms with Crippen molar-refractivity contribution in [2.45, 2.75) is 12.5 Å². The van der Waals surface area contributed by atoms with E-state index in [4.69, 9.17) is 4.74 Å². The lowest BCUT2D eigenvalue weighted by Gasteiger charge is -2.37. The highest BCUT2D eigenvalue weighted by molar-refractivity contribution is 4.98. The van der Waals surface area contributed by atoms with Crippen molar-refractivity contribution in [1.82, 2.24) is 20.5 Å². The minimum Gasteiger partial charge on any atom is -0.455 e. The molecule has 1 fully saturated rings. The summed E-state index contributed by atoms with van der Waals surface area (Å²) >= 11 is 0. The van der Waals surface area contributed by atoms with Crippen LogP contribution in [0, 0.1) is 0 Å². The van der Waals surface area contributed by atoms with Crippen molar-refractivity contribution < 1.29 is 4.74 Å². The van der Waals surface area contributed by atoms with Crippen LogP contribution in [0.5, 0.6) is 6.01 Å². The van der Waals surface area contributed by atoms with Gasteiger partial charge in [0.1, 0.15) is 11.9 Å². The van der Waals surface area contributed by atoms with Gasteiger partial charge in [-0.15, -0.1) is 0 Å². The Kier molecular flexibility index (Phi) is 1.32. The van der Waals surface area contributed by atoms with Gasteiger partial charge in [0.2, 0.25) is 0 Å². The van der Waals surface area contributed by atoms with Gasteiger partial charge in [0, 0.05) is 13.1 Å². The SMILES string of the molecule is CC1(Oc2ncn[nH]2)CNC1. The second-order valence-electron chi connectivity index (χ2n) is 2.95. The molecule has 0 unspecified atom stereocenters. The summed E-state index contributed by atoms with van der Waals surface area (Å²) < 4.78 is 5.49. The largest absolute Gasteiger partial charge is 0.455 e. The van der Waals surface area contributed by atoms with E-state index in [-0.39, 0.29) is 5.60 Å². The van der Waals surface area contributed by atoms with E-state index in [1.54, 1.807) is 0 Å². The number of hydrogen-bond acceptors (Lipinski definition) is 4. The summed E-state index contributed by atoms with van der Waals surface area (Å²) in [5, 5.41) is 9.46. The van der Waals surface area contributed by atoms with Crippen molar-refractivity contribution in [1.29, 1.82) is 0 Å². The number of aromatic nitrogens is 3. The van der Waals surface area contributed by atoms with E-state index in [1.165, 1.54) is 6.33 Å². The van der Waals surface area contributed by atoms with Gasteiger partial charge in [-0.05, 0) is 6.92 Å². The molecular formula is C6H10N4O. The molecule has 11 heavy (non-hydrogen) atoms. The topological polar surface area (TPSA) is 62.8 Å². The van der Waals surface area contributed by atoms with Gasteiger partial charge in [-0.25, -0.2) is 5.10 Å². The Morgan fingerprint density at radius 1 is 1.64 bits per heavy atom. The van der Waals surface area contributed by atoms with Crippen LogP contribution in [-0.2, 0) is 0 Å². The first-order valence-corrected chi connectivity index (χ1v) is 3.54. The summed E-state index contributed by atoms with van der Waals surface area (Å²) in [6.07, 6.45) is 1.44. The van der Waals surface area contributed by atoms with Crippen molar-refractivity contribution in [3.8, 4) is 6.01 Å². The van der Waals surface area contributed by atoms with Crippen molar-refractivity contribution in [3.63, 3.8) is 0 Å². The molecule has 5 heteroatoms. The summed E-state index contributed by atoms with van der Waals surface area (Å²) in [6, 6.07) is 0.494. The number of ether oxygens (including phenoxy) is 1. The van der Waals surface area contributed by atoms with Crippen molar-refractivity contribution in [2.24, 2.45) is 0 Å². The van der Waals surface area contributed by atoms with Crippen molar-refractivity contribution in [3.05, 3.63) is 6.33 Å². The molecule has 0 aromatic carbocycles. The molecule has 2 N–H and O–H groups in total. The number of aromatic amines is 1. The average molecular weight is 154 g/mol. The van der Waals surface area contributed by atoms with Crippen LogP contribution in [0.2, 0.25) is 0 Å². The molecule has 2 heterocycles. The van der Waals surface area contributed by atoms with Gasteiger partial charge in [0.05, 0.1) is 0 Å². The summed E-state index contributed by atoms with van der Waals surface area (Å²) in [7, 11) is 0. The monoisotopic (exact) mass is 154 g/mol. The van der Waals surface area contributed by atoms with Crippen LogP contribution < -0.4 is 10.1 Å². The van der Waals surface area contributed by atoms with Crippen LogP contribution in [0.3, 0.4) is 0 Å². The molecule has 0 spiro atoms. The molecule has 0 aliphatic carbocycles. The molecule has 1 aromatic rings. The highest BCUT2D eigenvalue weighted by Crippen LogP contribution is 2.16. The number of rotatable bonds is 2. The first-order chi connectivity index (χ1) is 5.29. The smallest absolute Gasteiger partial charge is 0.312 e. The fourth-order valence-electron chi connectivity index (χ4n) is 1.03. The quantitative estimate of drug-likeness (QED) is 0.605. The lowest BCUT2D eigenvalue weighted by molar-refractivity contribution is 0.0261. The lowest BCUT2D eigenvalue weighted by Crippen LogP contribution is -2.61. The highest BCUT2D eigenvalue weighted by atomic mass is 16.5. The molecule has 1 saturated heterocycles. The summed E-state index contributed by atoms with van der Waals surface area (Å²) in [4.78, 5) is 3.87. The van der Waals surface area contributed by atoms with E-state index < -0.39 is 0 Å². The Morgan fingerprint density at radius 3 is 2.91 bits per heavy atom. The Morgan fingerprint density at radius 2 is 2.45 bits per heavy atom. The molecule has 0 amide bonds. The fourth-order valence-corrected chi connectivity index (χ4v) is 1.03. The first-order valence-electron chi connectivity index (χ1n) is 3.54. The minimum absolute atomic E-state index is 0.0977. The first kappa shape index (κ1) is 6.60. The van der Waals surface area contributed by atoms with Crippen LogP contribution in [0.1, 0.15) is 6.92 Å². The maximum absolute atomic E-state index is 5.49. The van der Waals surface area contributed by atoms with Gasteiger partial charge >= 0.3 is 6.01 Å². The third-order valence-electron chi connectivity index (χ3n) is 1.73. The molecule has 1 aromatic heterocycles. The molecule has 0 bridgehead atoms. The van der Waals surface area contributed by atoms with E-state index in [2.05, 4.69) is 20.5 Å². The molecular weight excluding hydrogens is 144 g/mol. The zero-order chi connectivity index (χ0) is 7.73. The maximum atomic E-state index is 5.49. The van der Waals surface area contributed by atoms with E-state index in [0.29, 0.717) is 6.01 Å². The Bertz CT molecular complexity index is 229. The second-order valence-corrected chi connectivity index (χ2v) is 2.95. The van der Waals surface area contributed by atoms with Crippen molar-refractivity contribution >= 4 is 0 Å². The minimum atomic E-state index is -0.0977. The average Bonchev–Trinajstić information content (AvgIpc) is 2.36. The van der Waals surface area contributed by atoms with Gasteiger partial charge in [0.25, 0.3) is 0 Å². The zero-order valence-corrected chi connectivity index (χ0v) is 6.29. The van der Waals surface area contributed by atoms with E-state index in [9.17, 15) is 0 Å². The number of hydrogen-bond donors (Lipinski definition) is 2. The third kappa shape index (κ3) is 1.19. The summed E-state index contributed by atoms with van der Waals surface area (Å²) in [5.41, 5.74) is -0.0977.